The maximum Gasteiger partial charge on any atom is 0.322 e. The number of amides is 3. The van der Waals surface area contributed by atoms with E-state index in [2.05, 4.69) is 17.4 Å². The first-order valence-corrected chi connectivity index (χ1v) is 11.5. The third kappa shape index (κ3) is 4.39. The summed E-state index contributed by atoms with van der Waals surface area (Å²) in [5.74, 6) is 0.668. The first-order chi connectivity index (χ1) is 16.6. The van der Waals surface area contributed by atoms with E-state index in [1.807, 2.05) is 77.7 Å². The smallest absolute Gasteiger partial charge is 0.322 e. The van der Waals surface area contributed by atoms with Crippen molar-refractivity contribution in [2.24, 2.45) is 0 Å². The summed E-state index contributed by atoms with van der Waals surface area (Å²) in [7, 11) is 1.72. The molecule has 1 N–H and O–H groups in total. The molecular weight excluding hydrogens is 426 g/mol. The van der Waals surface area contributed by atoms with E-state index in [1.165, 1.54) is 5.56 Å². The maximum absolute atomic E-state index is 13.5. The van der Waals surface area contributed by atoms with Gasteiger partial charge in [-0.1, -0.05) is 72.8 Å². The molecule has 3 aromatic carbocycles. The second kappa shape index (κ2) is 9.43. The average molecular weight is 454 g/mol. The van der Waals surface area contributed by atoms with Crippen LogP contribution in [0.1, 0.15) is 22.7 Å². The van der Waals surface area contributed by atoms with E-state index in [1.54, 1.807) is 11.9 Å². The number of rotatable bonds is 7. The van der Waals surface area contributed by atoms with Crippen molar-refractivity contribution in [3.8, 4) is 5.75 Å². The summed E-state index contributed by atoms with van der Waals surface area (Å²) in [6, 6.07) is 27.0. The zero-order valence-corrected chi connectivity index (χ0v) is 19.1. The molecular formula is C28H27N3O3. The van der Waals surface area contributed by atoms with Gasteiger partial charge in [0.15, 0.2) is 0 Å². The Bertz CT molecular complexity index is 1220. The Morgan fingerprint density at radius 2 is 1.62 bits per heavy atom. The molecule has 6 nitrogen and oxygen atoms in total. The van der Waals surface area contributed by atoms with Crippen molar-refractivity contribution in [3.05, 3.63) is 113 Å². The summed E-state index contributed by atoms with van der Waals surface area (Å²) in [5, 5.41) is 3.01. The van der Waals surface area contributed by atoms with Crippen molar-refractivity contribution in [2.75, 3.05) is 20.1 Å². The van der Waals surface area contributed by atoms with Crippen LogP contribution in [0.5, 0.6) is 5.75 Å². The van der Waals surface area contributed by atoms with Gasteiger partial charge in [0.2, 0.25) is 0 Å². The SMILES string of the molecule is CN1C(=O)NC(c2cccc(OCc3ccccc3)c2)C2=C1CN(CCc1ccccc1)C2=O. The monoisotopic (exact) mass is 453 g/mol. The van der Waals surface area contributed by atoms with Gasteiger partial charge in [0.25, 0.3) is 5.91 Å². The lowest BCUT2D eigenvalue weighted by atomic mass is 9.95. The molecule has 2 aliphatic heterocycles. The number of hydrogen-bond acceptors (Lipinski definition) is 3. The number of ether oxygens (including phenoxy) is 1. The zero-order chi connectivity index (χ0) is 23.5. The van der Waals surface area contributed by atoms with Gasteiger partial charge in [0, 0.05) is 13.6 Å². The second-order valence-electron chi connectivity index (χ2n) is 8.61. The number of urea groups is 1. The summed E-state index contributed by atoms with van der Waals surface area (Å²) in [4.78, 5) is 29.6. The first kappa shape index (κ1) is 21.8. The summed E-state index contributed by atoms with van der Waals surface area (Å²) in [6.45, 7) is 1.49. The molecule has 1 unspecified atom stereocenters. The van der Waals surface area contributed by atoms with Gasteiger partial charge in [0.05, 0.1) is 23.9 Å². The van der Waals surface area contributed by atoms with E-state index in [-0.39, 0.29) is 11.9 Å². The topological polar surface area (TPSA) is 61.9 Å². The average Bonchev–Trinajstić information content (AvgIpc) is 3.21. The largest absolute Gasteiger partial charge is 0.489 e. The van der Waals surface area contributed by atoms with Gasteiger partial charge in [-0.05, 0) is 35.2 Å². The molecule has 0 aliphatic carbocycles. The standard InChI is InChI=1S/C28H27N3O3/c1-30-24-18-31(16-15-20-9-4-2-5-10-20)27(32)25(24)26(29-28(30)33)22-13-8-14-23(17-22)34-19-21-11-6-3-7-12-21/h2-14,17,26H,15-16,18-19H2,1H3,(H,29,33). The Labute approximate surface area is 199 Å². The molecule has 0 spiro atoms. The number of nitrogens with zero attached hydrogens (tertiary/aromatic N) is 2. The fourth-order valence-electron chi connectivity index (χ4n) is 4.49. The minimum atomic E-state index is -0.506. The van der Waals surface area contributed by atoms with E-state index in [0.29, 0.717) is 31.0 Å². The number of carbonyl (C=O) groups excluding carboxylic acids is 2. The minimum Gasteiger partial charge on any atom is -0.489 e. The van der Waals surface area contributed by atoms with Crippen molar-refractivity contribution in [3.63, 3.8) is 0 Å². The highest BCUT2D eigenvalue weighted by Crippen LogP contribution is 2.36. The van der Waals surface area contributed by atoms with Crippen LogP contribution >= 0.6 is 0 Å². The van der Waals surface area contributed by atoms with Gasteiger partial charge < -0.3 is 15.0 Å². The Hall–Kier alpha value is -4.06. The van der Waals surface area contributed by atoms with Crippen molar-refractivity contribution in [1.29, 1.82) is 0 Å². The summed E-state index contributed by atoms with van der Waals surface area (Å²) >= 11 is 0. The third-order valence-electron chi connectivity index (χ3n) is 6.39. The molecule has 0 saturated heterocycles. The highest BCUT2D eigenvalue weighted by molar-refractivity contribution is 6.01. The number of hydrogen-bond donors (Lipinski definition) is 1. The van der Waals surface area contributed by atoms with Crippen LogP contribution in [0, 0.1) is 0 Å². The van der Waals surface area contributed by atoms with Gasteiger partial charge in [-0.25, -0.2) is 4.79 Å². The molecule has 0 aromatic heterocycles. The van der Waals surface area contributed by atoms with Gasteiger partial charge >= 0.3 is 6.03 Å². The lowest BCUT2D eigenvalue weighted by Gasteiger charge is -2.31. The Balaban J connectivity index is 1.35. The molecule has 1 atom stereocenters. The van der Waals surface area contributed by atoms with Gasteiger partial charge in [-0.2, -0.15) is 0 Å². The third-order valence-corrected chi connectivity index (χ3v) is 6.39. The molecule has 2 aliphatic rings. The molecule has 34 heavy (non-hydrogen) atoms. The minimum absolute atomic E-state index is 0.0293. The Kier molecular flexibility index (Phi) is 6.04. The fourth-order valence-corrected chi connectivity index (χ4v) is 4.49. The van der Waals surface area contributed by atoms with Gasteiger partial charge in [0.1, 0.15) is 12.4 Å². The van der Waals surface area contributed by atoms with Crippen molar-refractivity contribution in [1.82, 2.24) is 15.1 Å². The highest BCUT2D eigenvalue weighted by atomic mass is 16.5. The molecule has 0 bridgehead atoms. The normalized spacial score (nSPS) is 17.6. The number of benzene rings is 3. The number of nitrogens with one attached hydrogen (secondary N) is 1. The van der Waals surface area contributed by atoms with Crippen LogP contribution in [0.2, 0.25) is 0 Å². The van der Waals surface area contributed by atoms with Crippen molar-refractivity contribution >= 4 is 11.9 Å². The van der Waals surface area contributed by atoms with E-state index < -0.39 is 6.04 Å². The molecule has 0 saturated carbocycles. The van der Waals surface area contributed by atoms with Crippen molar-refractivity contribution < 1.29 is 14.3 Å². The van der Waals surface area contributed by atoms with Gasteiger partial charge in [-0.15, -0.1) is 0 Å². The molecule has 0 radical (unpaired) electrons. The van der Waals surface area contributed by atoms with Crippen LogP contribution in [-0.4, -0.2) is 41.9 Å². The maximum atomic E-state index is 13.5. The van der Waals surface area contributed by atoms with Crippen LogP contribution in [0.4, 0.5) is 4.79 Å². The number of likely N-dealkylation sites (N-methyl/N-ethyl adjacent to an activating group) is 1. The predicted molar refractivity (Wildman–Crippen MR) is 130 cm³/mol. The van der Waals surface area contributed by atoms with Gasteiger partial charge in [-0.3, -0.25) is 9.69 Å². The quantitative estimate of drug-likeness (QED) is 0.580. The summed E-state index contributed by atoms with van der Waals surface area (Å²) in [6.07, 6.45) is 0.770. The zero-order valence-electron chi connectivity index (χ0n) is 19.1. The van der Waals surface area contributed by atoms with E-state index >= 15 is 0 Å². The summed E-state index contributed by atoms with van der Waals surface area (Å²) < 4.78 is 5.98. The Morgan fingerprint density at radius 3 is 2.35 bits per heavy atom. The van der Waals surface area contributed by atoms with Crippen LogP contribution < -0.4 is 10.1 Å². The molecule has 6 heteroatoms. The molecule has 172 valence electrons. The lowest BCUT2D eigenvalue weighted by molar-refractivity contribution is -0.125. The molecule has 0 fully saturated rings. The van der Waals surface area contributed by atoms with Crippen LogP contribution in [-0.2, 0) is 17.8 Å². The summed E-state index contributed by atoms with van der Waals surface area (Å²) in [5.41, 5.74) is 4.49. The van der Waals surface area contributed by atoms with Crippen LogP contribution in [0.15, 0.2) is 96.2 Å². The first-order valence-electron chi connectivity index (χ1n) is 11.5. The molecule has 3 aromatic rings. The molecule has 2 heterocycles. The Morgan fingerprint density at radius 1 is 0.912 bits per heavy atom. The fraction of sp³-hybridized carbons (Fsp3) is 0.214. The van der Waals surface area contributed by atoms with Crippen LogP contribution in [0.25, 0.3) is 0 Å². The van der Waals surface area contributed by atoms with Crippen LogP contribution in [0.3, 0.4) is 0 Å². The lowest BCUT2D eigenvalue weighted by Crippen LogP contribution is -2.45. The van der Waals surface area contributed by atoms with Crippen molar-refractivity contribution in [2.45, 2.75) is 19.1 Å². The second-order valence-corrected chi connectivity index (χ2v) is 8.61. The van der Waals surface area contributed by atoms with E-state index in [4.69, 9.17) is 4.74 Å². The number of carbonyl (C=O) groups is 2. The molecule has 5 rings (SSSR count). The highest BCUT2D eigenvalue weighted by Gasteiger charge is 2.42. The van der Waals surface area contributed by atoms with E-state index in [0.717, 1.165) is 23.2 Å². The predicted octanol–water partition coefficient (Wildman–Crippen LogP) is 4.30. The van der Waals surface area contributed by atoms with E-state index in [9.17, 15) is 9.59 Å². The molecule has 3 amide bonds.